The van der Waals surface area contributed by atoms with Crippen LogP contribution in [-0.4, -0.2) is 76.8 Å². The van der Waals surface area contributed by atoms with E-state index in [1.165, 1.54) is 0 Å². The number of amides is 2. The number of likely N-dealkylation sites (tertiary alicyclic amines) is 1. The van der Waals surface area contributed by atoms with Crippen molar-refractivity contribution in [2.45, 2.75) is 18.9 Å². The van der Waals surface area contributed by atoms with Crippen LogP contribution in [0, 0.1) is 0 Å². The van der Waals surface area contributed by atoms with Gasteiger partial charge in [-0.05, 0) is 42.2 Å². The van der Waals surface area contributed by atoms with Crippen molar-refractivity contribution < 1.29 is 9.59 Å². The second kappa shape index (κ2) is 13.5. The van der Waals surface area contributed by atoms with E-state index in [0.29, 0.717) is 24.7 Å². The first-order valence-electron chi connectivity index (χ1n) is 16.2. The van der Waals surface area contributed by atoms with E-state index < -0.39 is 0 Å². The van der Waals surface area contributed by atoms with E-state index in [4.69, 9.17) is 4.98 Å². The number of piperazine rings is 1. The number of nitrogens with zero attached hydrogens (tertiary/aromatic N) is 4. The summed E-state index contributed by atoms with van der Waals surface area (Å²) >= 11 is 0. The van der Waals surface area contributed by atoms with Crippen molar-refractivity contribution in [2.24, 2.45) is 0 Å². The van der Waals surface area contributed by atoms with Crippen molar-refractivity contribution in [1.29, 1.82) is 0 Å². The minimum atomic E-state index is 0.0499. The molecular weight excluding hydrogens is 568 g/mol. The Morgan fingerprint density at radius 1 is 0.522 bits per heavy atom. The average Bonchev–Trinajstić information content (AvgIpc) is 3.15. The largest absolute Gasteiger partial charge is 0.339 e. The van der Waals surface area contributed by atoms with Gasteiger partial charge in [0.05, 0.1) is 11.4 Å². The number of hydrogen-bond acceptors (Lipinski definition) is 4. The molecule has 2 aliphatic heterocycles. The molecule has 46 heavy (non-hydrogen) atoms. The SMILES string of the molecule is O=C(c1cc(-c2ccccc2)nc(-c2ccccc2)c1)N1CCN(C2CCN(C(=O)c3ccccc3-c3ccccc3)CC2)CC1. The lowest BCUT2D eigenvalue weighted by molar-refractivity contribution is 0.0412. The minimum Gasteiger partial charge on any atom is -0.339 e. The fourth-order valence-corrected chi connectivity index (χ4v) is 6.78. The molecule has 0 radical (unpaired) electrons. The topological polar surface area (TPSA) is 56.8 Å². The minimum absolute atomic E-state index is 0.0499. The molecule has 7 rings (SSSR count). The molecule has 2 amide bonds. The van der Waals surface area contributed by atoms with Crippen molar-refractivity contribution >= 4 is 11.8 Å². The Labute approximate surface area is 270 Å². The predicted molar refractivity (Wildman–Crippen MR) is 183 cm³/mol. The third kappa shape index (κ3) is 6.35. The maximum absolute atomic E-state index is 13.9. The lowest BCUT2D eigenvalue weighted by Gasteiger charge is -2.43. The Hall–Kier alpha value is -5.07. The van der Waals surface area contributed by atoms with E-state index in [1.807, 2.05) is 125 Å². The Balaban J connectivity index is 0.992. The van der Waals surface area contributed by atoms with Crippen LogP contribution in [0.15, 0.2) is 127 Å². The van der Waals surface area contributed by atoms with Gasteiger partial charge in [-0.3, -0.25) is 14.5 Å². The van der Waals surface area contributed by atoms with E-state index in [2.05, 4.69) is 17.0 Å². The predicted octanol–water partition coefficient (Wildman–Crippen LogP) is 7.15. The summed E-state index contributed by atoms with van der Waals surface area (Å²) in [5.74, 6) is 0.157. The average molecular weight is 607 g/mol. The van der Waals surface area contributed by atoms with E-state index in [1.54, 1.807) is 0 Å². The molecule has 0 aliphatic carbocycles. The quantitative estimate of drug-likeness (QED) is 0.206. The smallest absolute Gasteiger partial charge is 0.254 e. The number of piperidine rings is 1. The zero-order valence-corrected chi connectivity index (χ0v) is 26.0. The molecule has 0 bridgehead atoms. The van der Waals surface area contributed by atoms with Gasteiger partial charge in [0.25, 0.3) is 11.8 Å². The van der Waals surface area contributed by atoms with Crippen molar-refractivity contribution in [1.82, 2.24) is 19.7 Å². The highest BCUT2D eigenvalue weighted by Gasteiger charge is 2.31. The van der Waals surface area contributed by atoms with Gasteiger partial charge in [-0.25, -0.2) is 4.98 Å². The van der Waals surface area contributed by atoms with Crippen LogP contribution >= 0.6 is 0 Å². The first kappa shape index (κ1) is 29.6. The van der Waals surface area contributed by atoms with Gasteiger partial charge in [0, 0.05) is 67.6 Å². The lowest BCUT2D eigenvalue weighted by atomic mass is 9.97. The fraction of sp³-hybridized carbons (Fsp3) is 0.225. The normalized spacial score (nSPS) is 15.9. The summed E-state index contributed by atoms with van der Waals surface area (Å²) < 4.78 is 0. The monoisotopic (exact) mass is 606 g/mol. The van der Waals surface area contributed by atoms with Crippen LogP contribution in [0.5, 0.6) is 0 Å². The molecule has 5 aromatic rings. The first-order valence-corrected chi connectivity index (χ1v) is 16.2. The summed E-state index contributed by atoms with van der Waals surface area (Å²) in [5.41, 5.74) is 7.07. The Bertz CT molecular complexity index is 1740. The molecule has 0 N–H and O–H groups in total. The lowest BCUT2D eigenvalue weighted by Crippen LogP contribution is -2.54. The molecule has 0 saturated carbocycles. The first-order chi connectivity index (χ1) is 22.6. The molecule has 6 nitrogen and oxygen atoms in total. The number of carbonyl (C=O) groups excluding carboxylic acids is 2. The number of benzene rings is 4. The Kier molecular flexibility index (Phi) is 8.70. The second-order valence-corrected chi connectivity index (χ2v) is 12.1. The fourth-order valence-electron chi connectivity index (χ4n) is 6.78. The zero-order chi connectivity index (χ0) is 31.3. The van der Waals surface area contributed by atoms with E-state index in [0.717, 1.165) is 78.2 Å². The second-order valence-electron chi connectivity index (χ2n) is 12.1. The van der Waals surface area contributed by atoms with E-state index in [9.17, 15) is 9.59 Å². The Morgan fingerprint density at radius 3 is 1.57 bits per heavy atom. The number of pyridine rings is 1. The molecule has 0 spiro atoms. The molecule has 0 atom stereocenters. The van der Waals surface area contributed by atoms with Gasteiger partial charge in [0.1, 0.15) is 0 Å². The molecule has 4 aromatic carbocycles. The summed E-state index contributed by atoms with van der Waals surface area (Å²) in [7, 11) is 0. The number of aromatic nitrogens is 1. The van der Waals surface area contributed by atoms with E-state index in [-0.39, 0.29) is 11.8 Å². The number of hydrogen-bond donors (Lipinski definition) is 0. The molecular formula is C40H38N4O2. The summed E-state index contributed by atoms with van der Waals surface area (Å²) in [6, 6.07) is 42.4. The summed E-state index contributed by atoms with van der Waals surface area (Å²) in [5, 5.41) is 0. The molecule has 2 aliphatic rings. The van der Waals surface area contributed by atoms with Crippen molar-refractivity contribution in [3.8, 4) is 33.6 Å². The highest BCUT2D eigenvalue weighted by Crippen LogP contribution is 2.28. The van der Waals surface area contributed by atoms with Gasteiger partial charge in [-0.1, -0.05) is 109 Å². The third-order valence-electron chi connectivity index (χ3n) is 9.32. The Morgan fingerprint density at radius 2 is 1.00 bits per heavy atom. The van der Waals surface area contributed by atoms with Crippen LogP contribution in [0.1, 0.15) is 33.6 Å². The highest BCUT2D eigenvalue weighted by atomic mass is 16.2. The van der Waals surface area contributed by atoms with Crippen molar-refractivity contribution in [3.05, 3.63) is 139 Å². The molecule has 6 heteroatoms. The van der Waals surface area contributed by atoms with Crippen LogP contribution in [0.25, 0.3) is 33.6 Å². The molecule has 230 valence electrons. The van der Waals surface area contributed by atoms with Crippen LogP contribution < -0.4 is 0 Å². The molecule has 3 heterocycles. The van der Waals surface area contributed by atoms with Gasteiger partial charge >= 0.3 is 0 Å². The third-order valence-corrected chi connectivity index (χ3v) is 9.32. The van der Waals surface area contributed by atoms with Crippen LogP contribution in [0.3, 0.4) is 0 Å². The number of rotatable bonds is 6. The van der Waals surface area contributed by atoms with Gasteiger partial charge < -0.3 is 9.80 Å². The number of carbonyl (C=O) groups is 2. The summed E-state index contributed by atoms with van der Waals surface area (Å²) in [6.07, 6.45) is 1.89. The summed E-state index contributed by atoms with van der Waals surface area (Å²) in [4.78, 5) is 38.9. The standard InChI is InChI=1S/C40H38N4O2/c45-39(33-28-37(31-14-6-2-7-15-31)41-38(29-33)32-16-8-3-9-17-32)44-26-24-42(25-27-44)34-20-22-43(23-21-34)40(46)36-19-11-10-18-35(36)30-12-4-1-5-13-30/h1-19,28-29,34H,20-27H2. The van der Waals surface area contributed by atoms with E-state index >= 15 is 0 Å². The van der Waals surface area contributed by atoms with Crippen molar-refractivity contribution in [3.63, 3.8) is 0 Å². The van der Waals surface area contributed by atoms with Gasteiger partial charge in [-0.15, -0.1) is 0 Å². The van der Waals surface area contributed by atoms with Crippen LogP contribution in [-0.2, 0) is 0 Å². The molecule has 2 fully saturated rings. The van der Waals surface area contributed by atoms with Gasteiger partial charge in [0.2, 0.25) is 0 Å². The summed E-state index contributed by atoms with van der Waals surface area (Å²) in [6.45, 7) is 4.53. The molecule has 1 aromatic heterocycles. The zero-order valence-electron chi connectivity index (χ0n) is 26.0. The van der Waals surface area contributed by atoms with Crippen LogP contribution in [0.4, 0.5) is 0 Å². The molecule has 2 saturated heterocycles. The highest BCUT2D eigenvalue weighted by molar-refractivity contribution is 6.01. The van der Waals surface area contributed by atoms with Gasteiger partial charge in [0.15, 0.2) is 0 Å². The van der Waals surface area contributed by atoms with Crippen LogP contribution in [0.2, 0.25) is 0 Å². The van der Waals surface area contributed by atoms with Crippen molar-refractivity contribution in [2.75, 3.05) is 39.3 Å². The maximum Gasteiger partial charge on any atom is 0.254 e. The van der Waals surface area contributed by atoms with Gasteiger partial charge in [-0.2, -0.15) is 0 Å². The molecule has 0 unspecified atom stereocenters. The maximum atomic E-state index is 13.9.